The summed E-state index contributed by atoms with van der Waals surface area (Å²) >= 11 is 0. The number of ether oxygens (including phenoxy) is 1. The Kier molecular flexibility index (Phi) is 6.78. The maximum absolute atomic E-state index is 12.6. The Bertz CT molecular complexity index is 549. The van der Waals surface area contributed by atoms with Gasteiger partial charge in [-0.25, -0.2) is 4.79 Å². The van der Waals surface area contributed by atoms with Crippen LogP contribution >= 0.6 is 0 Å². The third-order valence-corrected chi connectivity index (χ3v) is 6.71. The summed E-state index contributed by atoms with van der Waals surface area (Å²) in [5, 5.41) is 1.17. The monoisotopic (exact) mass is 334 g/mol. The lowest BCUT2D eigenvalue weighted by molar-refractivity contribution is -0.156. The van der Waals surface area contributed by atoms with E-state index < -0.39 is 13.9 Å². The van der Waals surface area contributed by atoms with Crippen LogP contribution in [0.2, 0.25) is 13.1 Å². The standard InChI is InChI=1S/C19H30O3Si/c1-8-19(18(20)21-5,16(4)14-15(2)3)22-23(6,7)17-12-10-9-11-13-17/h9-15H,8H2,1-7H3/b16-14+/t19-/m0/s1. The van der Waals surface area contributed by atoms with Crippen LogP contribution < -0.4 is 5.19 Å². The molecule has 0 unspecified atom stereocenters. The molecule has 1 aromatic carbocycles. The van der Waals surface area contributed by atoms with Crippen LogP contribution in [0.25, 0.3) is 0 Å². The van der Waals surface area contributed by atoms with Crippen LogP contribution in [0, 0.1) is 5.92 Å². The van der Waals surface area contributed by atoms with E-state index in [2.05, 4.69) is 45.2 Å². The van der Waals surface area contributed by atoms with Crippen molar-refractivity contribution in [2.75, 3.05) is 7.11 Å². The van der Waals surface area contributed by atoms with Crippen LogP contribution in [-0.2, 0) is 14.0 Å². The number of hydrogen-bond donors (Lipinski definition) is 0. The first-order valence-corrected chi connectivity index (χ1v) is 11.1. The summed E-state index contributed by atoms with van der Waals surface area (Å²) < 4.78 is 11.7. The number of hydrogen-bond acceptors (Lipinski definition) is 3. The minimum absolute atomic E-state index is 0.314. The number of carbonyl (C=O) groups is 1. The highest BCUT2D eigenvalue weighted by Crippen LogP contribution is 2.32. The summed E-state index contributed by atoms with van der Waals surface area (Å²) in [4.78, 5) is 12.6. The van der Waals surface area contributed by atoms with Crippen LogP contribution in [-0.4, -0.2) is 27.0 Å². The van der Waals surface area contributed by atoms with Crippen molar-refractivity contribution in [2.45, 2.75) is 52.8 Å². The molecule has 4 heteroatoms. The van der Waals surface area contributed by atoms with E-state index in [0.29, 0.717) is 12.3 Å². The van der Waals surface area contributed by atoms with Gasteiger partial charge in [-0.05, 0) is 43.1 Å². The van der Waals surface area contributed by atoms with Gasteiger partial charge in [-0.3, -0.25) is 0 Å². The smallest absolute Gasteiger partial charge is 0.341 e. The molecule has 128 valence electrons. The molecule has 0 bridgehead atoms. The minimum Gasteiger partial charge on any atom is -0.467 e. The molecule has 1 atom stereocenters. The third-order valence-electron chi connectivity index (χ3n) is 4.13. The first-order valence-electron chi connectivity index (χ1n) is 8.22. The zero-order chi connectivity index (χ0) is 17.7. The molecule has 23 heavy (non-hydrogen) atoms. The van der Waals surface area contributed by atoms with Crippen LogP contribution in [0.1, 0.15) is 34.1 Å². The van der Waals surface area contributed by atoms with E-state index >= 15 is 0 Å². The molecule has 0 amide bonds. The van der Waals surface area contributed by atoms with Gasteiger partial charge in [-0.2, -0.15) is 0 Å². The Labute approximate surface area is 141 Å². The summed E-state index contributed by atoms with van der Waals surface area (Å²) in [6, 6.07) is 10.2. The fourth-order valence-corrected chi connectivity index (χ4v) is 5.28. The average Bonchev–Trinajstić information content (AvgIpc) is 2.52. The molecule has 0 heterocycles. The van der Waals surface area contributed by atoms with Crippen LogP contribution in [0.5, 0.6) is 0 Å². The predicted octanol–water partition coefficient (Wildman–Crippen LogP) is 4.04. The van der Waals surface area contributed by atoms with Crippen molar-refractivity contribution >= 4 is 19.5 Å². The van der Waals surface area contributed by atoms with E-state index in [1.807, 2.05) is 32.0 Å². The first kappa shape index (κ1) is 19.7. The Morgan fingerprint density at radius 2 is 1.83 bits per heavy atom. The lowest BCUT2D eigenvalue weighted by atomic mass is 9.90. The number of methoxy groups -OCH3 is 1. The highest BCUT2D eigenvalue weighted by atomic mass is 28.4. The molecule has 0 aliphatic carbocycles. The first-order chi connectivity index (χ1) is 10.7. The number of esters is 1. The molecular weight excluding hydrogens is 304 g/mol. The minimum atomic E-state index is -2.27. The van der Waals surface area contributed by atoms with E-state index in [-0.39, 0.29) is 5.97 Å². The van der Waals surface area contributed by atoms with Gasteiger partial charge in [0.25, 0.3) is 0 Å². The molecular formula is C19H30O3Si. The van der Waals surface area contributed by atoms with Gasteiger partial charge >= 0.3 is 5.97 Å². The van der Waals surface area contributed by atoms with Crippen molar-refractivity contribution in [3.8, 4) is 0 Å². The number of rotatable bonds is 7. The van der Waals surface area contributed by atoms with Crippen molar-refractivity contribution in [2.24, 2.45) is 5.92 Å². The van der Waals surface area contributed by atoms with Crippen LogP contribution in [0.4, 0.5) is 0 Å². The maximum atomic E-state index is 12.6. The maximum Gasteiger partial charge on any atom is 0.341 e. The quantitative estimate of drug-likeness (QED) is 0.429. The van der Waals surface area contributed by atoms with Crippen molar-refractivity contribution in [3.05, 3.63) is 42.0 Å². The second kappa shape index (κ2) is 7.93. The molecule has 1 rings (SSSR count). The van der Waals surface area contributed by atoms with Crippen LogP contribution in [0.15, 0.2) is 42.0 Å². The van der Waals surface area contributed by atoms with E-state index in [0.717, 1.165) is 5.57 Å². The van der Waals surface area contributed by atoms with E-state index in [1.54, 1.807) is 0 Å². The van der Waals surface area contributed by atoms with E-state index in [4.69, 9.17) is 9.16 Å². The normalized spacial score (nSPS) is 15.4. The Morgan fingerprint density at radius 1 is 1.26 bits per heavy atom. The van der Waals surface area contributed by atoms with Crippen molar-refractivity contribution in [3.63, 3.8) is 0 Å². The van der Waals surface area contributed by atoms with Gasteiger partial charge in [0.15, 0.2) is 5.60 Å². The Hall–Kier alpha value is -1.39. The molecule has 0 saturated heterocycles. The molecule has 0 aromatic heterocycles. The second-order valence-corrected chi connectivity index (χ2v) is 10.5. The molecule has 3 nitrogen and oxygen atoms in total. The summed E-state index contributed by atoms with van der Waals surface area (Å²) in [7, 11) is -0.844. The molecule has 0 saturated carbocycles. The zero-order valence-corrected chi connectivity index (χ0v) is 16.5. The van der Waals surface area contributed by atoms with E-state index in [1.165, 1.54) is 12.3 Å². The lowest BCUT2D eigenvalue weighted by Crippen LogP contribution is -2.56. The van der Waals surface area contributed by atoms with E-state index in [9.17, 15) is 4.79 Å². The van der Waals surface area contributed by atoms with Gasteiger partial charge in [0.1, 0.15) is 0 Å². The summed E-state index contributed by atoms with van der Waals surface area (Å²) in [5.41, 5.74) is -0.0803. The zero-order valence-electron chi connectivity index (χ0n) is 15.5. The molecule has 0 radical (unpaired) electrons. The third kappa shape index (κ3) is 4.55. The summed E-state index contributed by atoms with van der Waals surface area (Å²) in [6.07, 6.45) is 2.65. The van der Waals surface area contributed by atoms with Gasteiger partial charge < -0.3 is 9.16 Å². The summed E-state index contributed by atoms with van der Waals surface area (Å²) in [5.74, 6) is 0.0293. The van der Waals surface area contributed by atoms with Gasteiger partial charge in [0.2, 0.25) is 8.32 Å². The molecule has 0 fully saturated rings. The van der Waals surface area contributed by atoms with Gasteiger partial charge in [0, 0.05) is 0 Å². The summed E-state index contributed by atoms with van der Waals surface area (Å²) in [6.45, 7) is 12.4. The number of allylic oxidation sites excluding steroid dienone is 1. The highest BCUT2D eigenvalue weighted by molar-refractivity contribution is 6.84. The molecule has 0 spiro atoms. The number of carbonyl (C=O) groups excluding carboxylic acids is 1. The molecule has 0 aliphatic heterocycles. The van der Waals surface area contributed by atoms with Gasteiger partial charge in [-0.1, -0.05) is 57.2 Å². The highest BCUT2D eigenvalue weighted by Gasteiger charge is 2.46. The van der Waals surface area contributed by atoms with Gasteiger partial charge in [-0.15, -0.1) is 0 Å². The Morgan fingerprint density at radius 3 is 2.26 bits per heavy atom. The molecule has 0 aliphatic rings. The lowest BCUT2D eigenvalue weighted by Gasteiger charge is -2.39. The SMILES string of the molecule is CC[C@@](O[Si](C)(C)c1ccccc1)(C(=O)OC)/C(C)=C/C(C)C. The topological polar surface area (TPSA) is 35.5 Å². The predicted molar refractivity (Wildman–Crippen MR) is 98.3 cm³/mol. The average molecular weight is 335 g/mol. The second-order valence-electron chi connectivity index (χ2n) is 6.74. The van der Waals surface area contributed by atoms with Crippen LogP contribution in [0.3, 0.4) is 0 Å². The fraction of sp³-hybridized carbons (Fsp3) is 0.526. The number of benzene rings is 1. The van der Waals surface area contributed by atoms with Crippen molar-refractivity contribution < 1.29 is 14.0 Å². The van der Waals surface area contributed by atoms with Crippen molar-refractivity contribution in [1.29, 1.82) is 0 Å². The molecule has 1 aromatic rings. The fourth-order valence-electron chi connectivity index (χ4n) is 2.91. The largest absolute Gasteiger partial charge is 0.467 e. The van der Waals surface area contributed by atoms with Crippen molar-refractivity contribution in [1.82, 2.24) is 0 Å². The van der Waals surface area contributed by atoms with Gasteiger partial charge in [0.05, 0.1) is 7.11 Å². The molecule has 0 N–H and O–H groups in total. The Balaban J connectivity index is 3.33.